The number of aromatic nitrogens is 6. The quantitative estimate of drug-likeness (QED) is 0.683. The molecule has 2 aliphatic rings. The molecule has 2 aliphatic heterocycles. The van der Waals surface area contributed by atoms with Crippen LogP contribution in [0.3, 0.4) is 0 Å². The molecule has 8 heteroatoms. The highest BCUT2D eigenvalue weighted by Gasteiger charge is 2.22. The fraction of sp³-hybridized carbons (Fsp3) is 0.500. The molecule has 0 aromatic carbocycles. The van der Waals surface area contributed by atoms with Gasteiger partial charge in [0.1, 0.15) is 11.6 Å². The molecule has 0 aliphatic carbocycles. The van der Waals surface area contributed by atoms with Crippen molar-refractivity contribution < 1.29 is 0 Å². The van der Waals surface area contributed by atoms with Crippen molar-refractivity contribution in [3.05, 3.63) is 60.2 Å². The number of hydrogen-bond donors (Lipinski definition) is 2. The van der Waals surface area contributed by atoms with Gasteiger partial charge in [0.2, 0.25) is 0 Å². The van der Waals surface area contributed by atoms with Crippen LogP contribution in [-0.2, 0) is 26.2 Å². The molecule has 2 atom stereocenters. The van der Waals surface area contributed by atoms with Gasteiger partial charge in [0, 0.05) is 51.0 Å². The summed E-state index contributed by atoms with van der Waals surface area (Å²) < 4.78 is 4.47. The zero-order valence-electron chi connectivity index (χ0n) is 16.0. The largest absolute Gasteiger partial charge is 0.334 e. The van der Waals surface area contributed by atoms with Gasteiger partial charge in [-0.1, -0.05) is 0 Å². The first-order valence-electron chi connectivity index (χ1n) is 10.2. The van der Waals surface area contributed by atoms with Crippen molar-refractivity contribution in [3.8, 4) is 0 Å². The fourth-order valence-corrected chi connectivity index (χ4v) is 4.24. The second-order valence-corrected chi connectivity index (χ2v) is 7.61. The predicted molar refractivity (Wildman–Crippen MR) is 104 cm³/mol. The summed E-state index contributed by atoms with van der Waals surface area (Å²) >= 11 is 0. The van der Waals surface area contributed by atoms with Crippen molar-refractivity contribution in [2.24, 2.45) is 0 Å². The third-order valence-corrected chi connectivity index (χ3v) is 5.72. The maximum atomic E-state index is 4.59. The molecular weight excluding hydrogens is 352 g/mol. The van der Waals surface area contributed by atoms with E-state index in [1.165, 1.54) is 12.8 Å². The third kappa shape index (κ3) is 3.57. The molecule has 28 heavy (non-hydrogen) atoms. The van der Waals surface area contributed by atoms with Gasteiger partial charge in [-0.15, -0.1) is 0 Å². The summed E-state index contributed by atoms with van der Waals surface area (Å²) in [5.41, 5.74) is 1.92. The summed E-state index contributed by atoms with van der Waals surface area (Å²) in [6.07, 6.45) is 16.2. The molecule has 5 heterocycles. The average Bonchev–Trinajstić information content (AvgIpc) is 3.41. The van der Waals surface area contributed by atoms with Crippen molar-refractivity contribution >= 4 is 0 Å². The zero-order valence-corrected chi connectivity index (χ0v) is 16.0. The van der Waals surface area contributed by atoms with E-state index in [1.54, 1.807) is 0 Å². The molecule has 0 spiro atoms. The minimum atomic E-state index is 0.293. The van der Waals surface area contributed by atoms with Gasteiger partial charge in [0.25, 0.3) is 0 Å². The standard InChI is InChI=1S/C20H26N8/c1-3-17(19-21-5-9-27(19)7-1)25-13-15-11-24-16(12-23-15)14-26-18-4-2-8-28-10-6-22-20(18)28/h5-6,9-12,17-18,25-26H,1-4,7-8,13-14H2. The molecule has 2 N–H and O–H groups in total. The first-order chi connectivity index (χ1) is 13.9. The summed E-state index contributed by atoms with van der Waals surface area (Å²) in [5, 5.41) is 7.16. The molecule has 0 saturated carbocycles. The molecule has 3 aromatic rings. The van der Waals surface area contributed by atoms with E-state index >= 15 is 0 Å². The summed E-state index contributed by atoms with van der Waals surface area (Å²) in [6.45, 7) is 3.54. The van der Waals surface area contributed by atoms with Crippen molar-refractivity contribution in [1.82, 2.24) is 39.7 Å². The van der Waals surface area contributed by atoms with Crippen LogP contribution in [0, 0.1) is 0 Å². The Labute approximate surface area is 164 Å². The molecule has 5 rings (SSSR count). The van der Waals surface area contributed by atoms with Gasteiger partial charge < -0.3 is 19.8 Å². The van der Waals surface area contributed by atoms with E-state index in [-0.39, 0.29) is 0 Å². The highest BCUT2D eigenvalue weighted by molar-refractivity contribution is 5.07. The Bertz CT molecular complexity index is 837. The first kappa shape index (κ1) is 17.5. The minimum absolute atomic E-state index is 0.293. The van der Waals surface area contributed by atoms with Crippen molar-refractivity contribution in [2.75, 3.05) is 0 Å². The van der Waals surface area contributed by atoms with Gasteiger partial charge in [-0.3, -0.25) is 9.97 Å². The molecule has 2 unspecified atom stereocenters. The number of nitrogens with one attached hydrogen (secondary N) is 2. The number of hydrogen-bond acceptors (Lipinski definition) is 6. The maximum Gasteiger partial charge on any atom is 0.125 e. The van der Waals surface area contributed by atoms with Gasteiger partial charge in [0.15, 0.2) is 0 Å². The Balaban J connectivity index is 1.15. The number of fused-ring (bicyclic) bond motifs is 2. The second kappa shape index (κ2) is 7.81. The van der Waals surface area contributed by atoms with Crippen LogP contribution >= 0.6 is 0 Å². The van der Waals surface area contributed by atoms with Crippen molar-refractivity contribution in [2.45, 2.75) is 63.9 Å². The van der Waals surface area contributed by atoms with E-state index in [0.717, 1.165) is 49.0 Å². The Morgan fingerprint density at radius 3 is 1.71 bits per heavy atom. The Morgan fingerprint density at radius 2 is 1.25 bits per heavy atom. The molecule has 3 aromatic heterocycles. The zero-order chi connectivity index (χ0) is 18.8. The van der Waals surface area contributed by atoms with Crippen molar-refractivity contribution in [1.29, 1.82) is 0 Å². The lowest BCUT2D eigenvalue weighted by molar-refractivity contribution is 0.381. The molecule has 146 valence electrons. The van der Waals surface area contributed by atoms with Crippen LogP contribution < -0.4 is 10.6 Å². The van der Waals surface area contributed by atoms with Crippen LogP contribution in [0.2, 0.25) is 0 Å². The van der Waals surface area contributed by atoms with Crippen LogP contribution in [0.25, 0.3) is 0 Å². The lowest BCUT2D eigenvalue weighted by atomic mass is 10.1. The summed E-state index contributed by atoms with van der Waals surface area (Å²) in [6, 6.07) is 0.587. The SMILES string of the molecule is c1cn2c(n1)C(NCc1cnc(CNC3CCCn4ccnc43)cn1)CCC2. The number of nitrogens with zero attached hydrogens (tertiary/aromatic N) is 6. The topological polar surface area (TPSA) is 85.5 Å². The molecule has 8 nitrogen and oxygen atoms in total. The summed E-state index contributed by atoms with van der Waals surface area (Å²) in [7, 11) is 0. The fourth-order valence-electron chi connectivity index (χ4n) is 4.24. The predicted octanol–water partition coefficient (Wildman–Crippen LogP) is 2.12. The second-order valence-electron chi connectivity index (χ2n) is 7.61. The number of aryl methyl sites for hydroxylation is 2. The Morgan fingerprint density at radius 1 is 0.750 bits per heavy atom. The van der Waals surface area contributed by atoms with Crippen molar-refractivity contribution in [3.63, 3.8) is 0 Å². The molecule has 0 amide bonds. The van der Waals surface area contributed by atoms with Crippen LogP contribution in [0.1, 0.15) is 60.8 Å². The Kier molecular flexibility index (Phi) is 4.88. The van der Waals surface area contributed by atoms with Gasteiger partial charge in [0.05, 0.1) is 35.9 Å². The third-order valence-electron chi connectivity index (χ3n) is 5.72. The van der Waals surface area contributed by atoms with Gasteiger partial charge >= 0.3 is 0 Å². The van der Waals surface area contributed by atoms with Gasteiger partial charge in [-0.05, 0) is 25.7 Å². The maximum absolute atomic E-state index is 4.59. The van der Waals surface area contributed by atoms with Gasteiger partial charge in [-0.2, -0.15) is 0 Å². The van der Waals surface area contributed by atoms with Crippen LogP contribution in [0.4, 0.5) is 0 Å². The van der Waals surface area contributed by atoms with E-state index in [0.29, 0.717) is 25.2 Å². The van der Waals surface area contributed by atoms with Crippen LogP contribution in [0.15, 0.2) is 37.2 Å². The molecule has 0 bridgehead atoms. The van der Waals surface area contributed by atoms with E-state index in [2.05, 4.69) is 52.1 Å². The number of rotatable bonds is 6. The monoisotopic (exact) mass is 378 g/mol. The molecule has 0 saturated heterocycles. The van der Waals surface area contributed by atoms with E-state index in [4.69, 9.17) is 0 Å². The number of imidazole rings is 2. The lowest BCUT2D eigenvalue weighted by Crippen LogP contribution is -2.29. The molecule has 0 fully saturated rings. The average molecular weight is 378 g/mol. The smallest absolute Gasteiger partial charge is 0.125 e. The normalized spacial score (nSPS) is 21.3. The summed E-state index contributed by atoms with van der Waals surface area (Å²) in [5.74, 6) is 2.26. The van der Waals surface area contributed by atoms with Gasteiger partial charge in [-0.25, -0.2) is 9.97 Å². The summed E-state index contributed by atoms with van der Waals surface area (Å²) in [4.78, 5) is 18.2. The lowest BCUT2D eigenvalue weighted by Gasteiger charge is -2.24. The van der Waals surface area contributed by atoms with Crippen LogP contribution in [-0.4, -0.2) is 29.1 Å². The highest BCUT2D eigenvalue weighted by Crippen LogP contribution is 2.24. The molecule has 0 radical (unpaired) electrons. The van der Waals surface area contributed by atoms with Crippen LogP contribution in [0.5, 0.6) is 0 Å². The Hall–Kier alpha value is -2.58. The van der Waals surface area contributed by atoms with E-state index in [9.17, 15) is 0 Å². The minimum Gasteiger partial charge on any atom is -0.334 e. The first-order valence-corrected chi connectivity index (χ1v) is 10.2. The van der Waals surface area contributed by atoms with E-state index in [1.807, 2.05) is 24.8 Å². The van der Waals surface area contributed by atoms with E-state index < -0.39 is 0 Å². The molecular formula is C20H26N8. The highest BCUT2D eigenvalue weighted by atomic mass is 15.1.